The third-order valence-electron chi connectivity index (χ3n) is 3.34. The van der Waals surface area contributed by atoms with Crippen LogP contribution < -0.4 is 10.9 Å². The fourth-order valence-electron chi connectivity index (χ4n) is 2.27. The van der Waals surface area contributed by atoms with E-state index in [0.717, 1.165) is 12.0 Å². The van der Waals surface area contributed by atoms with Gasteiger partial charge in [0.1, 0.15) is 5.69 Å². The highest BCUT2D eigenvalue weighted by molar-refractivity contribution is 7.99. The van der Waals surface area contributed by atoms with Crippen molar-refractivity contribution in [2.75, 3.05) is 5.75 Å². The van der Waals surface area contributed by atoms with E-state index < -0.39 is 0 Å². The molecule has 5 nitrogen and oxygen atoms in total. The lowest BCUT2D eigenvalue weighted by Gasteiger charge is -2.16. The van der Waals surface area contributed by atoms with Crippen molar-refractivity contribution < 1.29 is 4.79 Å². The zero-order valence-corrected chi connectivity index (χ0v) is 12.2. The fourth-order valence-corrected chi connectivity index (χ4v) is 3.29. The molecule has 0 bridgehead atoms. The number of amides is 1. The molecule has 21 heavy (non-hydrogen) atoms. The van der Waals surface area contributed by atoms with E-state index in [1.54, 1.807) is 0 Å². The molecule has 0 spiro atoms. The number of aryl methyl sites for hydroxylation is 1. The van der Waals surface area contributed by atoms with Crippen molar-refractivity contribution >= 4 is 17.7 Å². The minimum Gasteiger partial charge on any atom is -0.347 e. The van der Waals surface area contributed by atoms with E-state index >= 15 is 0 Å². The molecule has 1 aromatic carbocycles. The Bertz CT molecular complexity index is 707. The maximum atomic E-state index is 11.9. The van der Waals surface area contributed by atoms with Crippen molar-refractivity contribution in [3.8, 4) is 0 Å². The van der Waals surface area contributed by atoms with Gasteiger partial charge in [-0.1, -0.05) is 12.1 Å². The number of nitrogens with zero attached hydrogens (tertiary/aromatic N) is 1. The second kappa shape index (κ2) is 6.13. The molecule has 0 fully saturated rings. The first-order valence-electron chi connectivity index (χ1n) is 6.81. The maximum Gasteiger partial charge on any atom is 0.271 e. The molecule has 108 valence electrons. The lowest BCUT2D eigenvalue weighted by molar-refractivity contribution is 0.0945. The Labute approximate surface area is 126 Å². The zero-order chi connectivity index (χ0) is 14.7. The summed E-state index contributed by atoms with van der Waals surface area (Å²) in [5.74, 6) is 0.888. The lowest BCUT2D eigenvalue weighted by Crippen LogP contribution is -2.25. The number of rotatable bonds is 3. The van der Waals surface area contributed by atoms with E-state index in [1.807, 2.05) is 17.8 Å². The van der Waals surface area contributed by atoms with Gasteiger partial charge in [0.2, 0.25) is 0 Å². The smallest absolute Gasteiger partial charge is 0.271 e. The number of benzene rings is 1. The molecule has 2 N–H and O–H groups in total. The molecule has 6 heteroatoms. The number of hydrogen-bond donors (Lipinski definition) is 2. The SMILES string of the molecule is O=C(NCc1ccc2c(c1)CCCS2)c1ccc(=O)[nH]n1. The summed E-state index contributed by atoms with van der Waals surface area (Å²) in [5, 5.41) is 8.77. The Morgan fingerprint density at radius 3 is 3.05 bits per heavy atom. The van der Waals surface area contributed by atoms with Crippen LogP contribution in [0.4, 0.5) is 0 Å². The summed E-state index contributed by atoms with van der Waals surface area (Å²) >= 11 is 1.89. The fraction of sp³-hybridized carbons (Fsp3) is 0.267. The number of aromatic nitrogens is 2. The van der Waals surface area contributed by atoms with Gasteiger partial charge in [-0.25, -0.2) is 5.10 Å². The molecule has 2 aromatic rings. The summed E-state index contributed by atoms with van der Waals surface area (Å²) in [6.07, 6.45) is 2.31. The Balaban J connectivity index is 1.66. The predicted molar refractivity (Wildman–Crippen MR) is 81.5 cm³/mol. The molecule has 1 aliphatic rings. The summed E-state index contributed by atoms with van der Waals surface area (Å²) in [4.78, 5) is 24.2. The zero-order valence-electron chi connectivity index (χ0n) is 11.4. The summed E-state index contributed by atoms with van der Waals surface area (Å²) < 4.78 is 0. The number of hydrogen-bond acceptors (Lipinski definition) is 4. The van der Waals surface area contributed by atoms with Crippen LogP contribution in [-0.4, -0.2) is 21.9 Å². The third-order valence-corrected chi connectivity index (χ3v) is 4.54. The summed E-state index contributed by atoms with van der Waals surface area (Å²) in [6, 6.07) is 9.02. The van der Waals surface area contributed by atoms with Crippen LogP contribution in [0.1, 0.15) is 28.0 Å². The molecule has 0 radical (unpaired) electrons. The summed E-state index contributed by atoms with van der Waals surface area (Å²) in [7, 11) is 0. The van der Waals surface area contributed by atoms with Crippen molar-refractivity contribution in [3.63, 3.8) is 0 Å². The van der Waals surface area contributed by atoms with Crippen LogP contribution in [0.5, 0.6) is 0 Å². The van der Waals surface area contributed by atoms with E-state index in [0.29, 0.717) is 6.54 Å². The molecule has 0 unspecified atom stereocenters. The van der Waals surface area contributed by atoms with Crippen molar-refractivity contribution in [1.82, 2.24) is 15.5 Å². The third kappa shape index (κ3) is 3.33. The van der Waals surface area contributed by atoms with Gasteiger partial charge < -0.3 is 5.32 Å². The summed E-state index contributed by atoms with van der Waals surface area (Å²) in [5.41, 5.74) is 2.33. The van der Waals surface area contributed by atoms with Gasteiger partial charge in [-0.3, -0.25) is 9.59 Å². The van der Waals surface area contributed by atoms with Crippen LogP contribution >= 0.6 is 11.8 Å². The predicted octanol–water partition coefficient (Wildman–Crippen LogP) is 1.74. The molecule has 1 aliphatic heterocycles. The normalized spacial score (nSPS) is 13.5. The summed E-state index contributed by atoms with van der Waals surface area (Å²) in [6.45, 7) is 0.456. The second-order valence-electron chi connectivity index (χ2n) is 4.88. The standard InChI is InChI=1S/C15H15N3O2S/c19-14-6-4-12(17-18-14)15(20)16-9-10-3-5-13-11(8-10)2-1-7-21-13/h3-6,8H,1-2,7,9H2,(H,16,20)(H,18,19). The van der Waals surface area contributed by atoms with Crippen molar-refractivity contribution in [2.45, 2.75) is 24.3 Å². The largest absolute Gasteiger partial charge is 0.347 e. The highest BCUT2D eigenvalue weighted by Gasteiger charge is 2.11. The van der Waals surface area contributed by atoms with Crippen LogP contribution in [-0.2, 0) is 13.0 Å². The van der Waals surface area contributed by atoms with Gasteiger partial charge in [-0.2, -0.15) is 5.10 Å². The molecule has 2 heterocycles. The Kier molecular flexibility index (Phi) is 4.06. The van der Waals surface area contributed by atoms with E-state index in [4.69, 9.17) is 0 Å². The number of thioether (sulfide) groups is 1. The molecule has 1 amide bonds. The number of nitrogens with one attached hydrogen (secondary N) is 2. The number of aromatic amines is 1. The van der Waals surface area contributed by atoms with Crippen LogP contribution in [0.2, 0.25) is 0 Å². The van der Waals surface area contributed by atoms with Crippen LogP contribution in [0.15, 0.2) is 40.0 Å². The lowest BCUT2D eigenvalue weighted by atomic mass is 10.1. The minimum absolute atomic E-state index is 0.211. The first-order valence-corrected chi connectivity index (χ1v) is 7.79. The topological polar surface area (TPSA) is 74.8 Å². The van der Waals surface area contributed by atoms with Gasteiger partial charge in [0.15, 0.2) is 0 Å². The van der Waals surface area contributed by atoms with E-state index in [-0.39, 0.29) is 17.2 Å². The molecule has 0 atom stereocenters. The van der Waals surface area contributed by atoms with Gasteiger partial charge in [0, 0.05) is 17.5 Å². The van der Waals surface area contributed by atoms with Crippen molar-refractivity contribution in [1.29, 1.82) is 0 Å². The van der Waals surface area contributed by atoms with E-state index in [9.17, 15) is 9.59 Å². The van der Waals surface area contributed by atoms with Crippen LogP contribution in [0, 0.1) is 0 Å². The molecule has 0 saturated heterocycles. The first-order chi connectivity index (χ1) is 10.2. The quantitative estimate of drug-likeness (QED) is 0.905. The molecule has 0 saturated carbocycles. The number of carbonyl (C=O) groups is 1. The van der Waals surface area contributed by atoms with Gasteiger partial charge >= 0.3 is 0 Å². The van der Waals surface area contributed by atoms with Crippen molar-refractivity contribution in [2.24, 2.45) is 0 Å². The minimum atomic E-state index is -0.321. The van der Waals surface area contributed by atoms with Gasteiger partial charge in [-0.15, -0.1) is 11.8 Å². The average Bonchev–Trinajstić information content (AvgIpc) is 2.53. The Morgan fingerprint density at radius 2 is 2.24 bits per heavy atom. The van der Waals surface area contributed by atoms with Crippen LogP contribution in [0.25, 0.3) is 0 Å². The highest BCUT2D eigenvalue weighted by Crippen LogP contribution is 2.30. The highest BCUT2D eigenvalue weighted by atomic mass is 32.2. The first kappa shape index (κ1) is 13.9. The molecular weight excluding hydrogens is 286 g/mol. The van der Waals surface area contributed by atoms with Gasteiger partial charge in [0.05, 0.1) is 0 Å². The maximum absolute atomic E-state index is 11.9. The van der Waals surface area contributed by atoms with E-state index in [2.05, 4.69) is 27.6 Å². The van der Waals surface area contributed by atoms with Crippen molar-refractivity contribution in [3.05, 3.63) is 57.5 Å². The number of H-pyrrole nitrogens is 1. The van der Waals surface area contributed by atoms with E-state index in [1.165, 1.54) is 34.8 Å². The Hall–Kier alpha value is -2.08. The monoisotopic (exact) mass is 301 g/mol. The molecule has 0 aliphatic carbocycles. The molecule has 3 rings (SSSR count). The Morgan fingerprint density at radius 1 is 1.33 bits per heavy atom. The number of fused-ring (bicyclic) bond motifs is 1. The molecule has 1 aromatic heterocycles. The number of carbonyl (C=O) groups excluding carboxylic acids is 1. The van der Waals surface area contributed by atoms with Gasteiger partial charge in [-0.05, 0) is 41.9 Å². The average molecular weight is 301 g/mol. The van der Waals surface area contributed by atoms with Crippen LogP contribution in [0.3, 0.4) is 0 Å². The molecular formula is C15H15N3O2S. The van der Waals surface area contributed by atoms with Gasteiger partial charge in [0.25, 0.3) is 11.5 Å². The second-order valence-corrected chi connectivity index (χ2v) is 6.02.